The van der Waals surface area contributed by atoms with Gasteiger partial charge in [-0.2, -0.15) is 0 Å². The molecule has 190 valence electrons. The molecule has 6 nitrogen and oxygen atoms in total. The third kappa shape index (κ3) is 4.84. The molecule has 1 aromatic heterocycles. The number of benzene rings is 3. The third-order valence-electron chi connectivity index (χ3n) is 6.88. The predicted molar refractivity (Wildman–Crippen MR) is 144 cm³/mol. The number of carbonyl (C=O) groups is 1. The van der Waals surface area contributed by atoms with Crippen molar-refractivity contribution in [1.82, 2.24) is 4.90 Å². The second-order valence-corrected chi connectivity index (χ2v) is 9.44. The number of nitrogens with zero attached hydrogens (tertiary/aromatic N) is 1. The van der Waals surface area contributed by atoms with Gasteiger partial charge in [-0.25, -0.2) is 0 Å². The Bertz CT molecular complexity index is 1470. The summed E-state index contributed by atoms with van der Waals surface area (Å²) in [6.45, 7) is 5.15. The van der Waals surface area contributed by atoms with E-state index in [0.717, 1.165) is 41.0 Å². The lowest BCUT2D eigenvalue weighted by atomic mass is 9.98. The number of hydrogen-bond acceptors (Lipinski definition) is 5. The number of methoxy groups -OCH3 is 1. The van der Waals surface area contributed by atoms with Crippen LogP contribution in [-0.2, 0) is 6.42 Å². The molecule has 0 N–H and O–H groups in total. The van der Waals surface area contributed by atoms with Gasteiger partial charge in [0.2, 0.25) is 5.76 Å². The SMILES string of the molecule is CCCCOc1ccc(C2c3c(oc4ccc(C)cc4c3=O)C(=O)N2CCc2ccc(OC)cc2)cc1. The van der Waals surface area contributed by atoms with Crippen LogP contribution in [0.4, 0.5) is 0 Å². The van der Waals surface area contributed by atoms with Crippen LogP contribution in [0.5, 0.6) is 11.5 Å². The minimum Gasteiger partial charge on any atom is -0.497 e. The molecule has 3 aromatic carbocycles. The van der Waals surface area contributed by atoms with Gasteiger partial charge in [0, 0.05) is 6.54 Å². The van der Waals surface area contributed by atoms with E-state index in [2.05, 4.69) is 6.92 Å². The summed E-state index contributed by atoms with van der Waals surface area (Å²) in [7, 11) is 1.63. The lowest BCUT2D eigenvalue weighted by Gasteiger charge is -2.25. The van der Waals surface area contributed by atoms with Gasteiger partial charge in [0.05, 0.1) is 30.7 Å². The summed E-state index contributed by atoms with van der Waals surface area (Å²) in [5.74, 6) is 1.41. The minimum absolute atomic E-state index is 0.129. The molecular weight excluding hydrogens is 466 g/mol. The molecule has 0 saturated heterocycles. The fourth-order valence-electron chi connectivity index (χ4n) is 4.83. The van der Waals surface area contributed by atoms with Gasteiger partial charge in [0.25, 0.3) is 5.91 Å². The van der Waals surface area contributed by atoms with Crippen molar-refractivity contribution in [3.05, 3.63) is 105 Å². The summed E-state index contributed by atoms with van der Waals surface area (Å²) in [6, 6.07) is 20.4. The standard InChI is InChI=1S/C31H31NO5/c1-4-5-18-36-24-13-9-22(10-14-24)28-27-29(33)25-19-20(2)6-15-26(25)37-30(27)31(34)32(28)17-16-21-7-11-23(35-3)12-8-21/h6-15,19,28H,4-5,16-18H2,1-3H3. The van der Waals surface area contributed by atoms with E-state index in [-0.39, 0.29) is 17.1 Å². The number of rotatable bonds is 9. The Balaban J connectivity index is 1.53. The molecule has 0 fully saturated rings. The number of fused-ring (bicyclic) bond motifs is 2. The Labute approximate surface area is 216 Å². The van der Waals surface area contributed by atoms with E-state index in [0.29, 0.717) is 36.1 Å². The highest BCUT2D eigenvalue weighted by atomic mass is 16.5. The first-order valence-corrected chi connectivity index (χ1v) is 12.7. The normalized spacial score (nSPS) is 14.7. The van der Waals surface area contributed by atoms with Crippen LogP contribution in [0.15, 0.2) is 75.9 Å². The topological polar surface area (TPSA) is 69.0 Å². The summed E-state index contributed by atoms with van der Waals surface area (Å²) in [5, 5.41) is 0.494. The van der Waals surface area contributed by atoms with E-state index in [1.54, 1.807) is 18.1 Å². The van der Waals surface area contributed by atoms with E-state index in [4.69, 9.17) is 13.9 Å². The van der Waals surface area contributed by atoms with Crippen molar-refractivity contribution >= 4 is 16.9 Å². The lowest BCUT2D eigenvalue weighted by Crippen LogP contribution is -2.31. The largest absolute Gasteiger partial charge is 0.497 e. The number of unbranched alkanes of at least 4 members (excludes halogenated alkanes) is 1. The summed E-state index contributed by atoms with van der Waals surface area (Å²) in [5.41, 5.74) is 3.56. The molecule has 6 heteroatoms. The fraction of sp³-hybridized carbons (Fsp3) is 0.290. The number of aryl methyl sites for hydroxylation is 1. The molecule has 37 heavy (non-hydrogen) atoms. The first-order valence-electron chi connectivity index (χ1n) is 12.7. The monoisotopic (exact) mass is 497 g/mol. The molecule has 5 rings (SSSR count). The molecule has 1 aliphatic rings. The highest BCUT2D eigenvalue weighted by Gasteiger charge is 2.42. The molecule has 0 spiro atoms. The smallest absolute Gasteiger partial charge is 0.290 e. The summed E-state index contributed by atoms with van der Waals surface area (Å²) in [4.78, 5) is 29.2. The maximum Gasteiger partial charge on any atom is 0.290 e. The van der Waals surface area contributed by atoms with Crippen LogP contribution in [0.1, 0.15) is 58.6 Å². The summed E-state index contributed by atoms with van der Waals surface area (Å²) in [6.07, 6.45) is 2.68. The zero-order chi connectivity index (χ0) is 25.9. The molecule has 0 radical (unpaired) electrons. The van der Waals surface area contributed by atoms with Gasteiger partial charge in [-0.1, -0.05) is 49.2 Å². The number of ether oxygens (including phenoxy) is 2. The van der Waals surface area contributed by atoms with E-state index < -0.39 is 6.04 Å². The zero-order valence-electron chi connectivity index (χ0n) is 21.5. The van der Waals surface area contributed by atoms with E-state index in [1.165, 1.54) is 0 Å². The summed E-state index contributed by atoms with van der Waals surface area (Å²) >= 11 is 0. The van der Waals surface area contributed by atoms with E-state index in [1.807, 2.05) is 67.6 Å². The maximum absolute atomic E-state index is 13.8. The Morgan fingerprint density at radius 2 is 1.68 bits per heavy atom. The van der Waals surface area contributed by atoms with Crippen molar-refractivity contribution < 1.29 is 18.7 Å². The number of carbonyl (C=O) groups excluding carboxylic acids is 1. The molecule has 2 heterocycles. The van der Waals surface area contributed by atoms with Crippen molar-refractivity contribution in [2.75, 3.05) is 20.3 Å². The molecule has 0 aliphatic carbocycles. The molecule has 4 aromatic rings. The van der Waals surface area contributed by atoms with Gasteiger partial charge in [-0.15, -0.1) is 0 Å². The summed E-state index contributed by atoms with van der Waals surface area (Å²) < 4.78 is 17.2. The predicted octanol–water partition coefficient (Wildman–Crippen LogP) is 6.08. The van der Waals surface area contributed by atoms with Crippen molar-refractivity contribution in [3.63, 3.8) is 0 Å². The second-order valence-electron chi connectivity index (χ2n) is 9.44. The van der Waals surface area contributed by atoms with Gasteiger partial charge in [0.15, 0.2) is 5.43 Å². The highest BCUT2D eigenvalue weighted by Crippen LogP contribution is 2.38. The van der Waals surface area contributed by atoms with Crippen molar-refractivity contribution in [2.45, 2.75) is 39.2 Å². The van der Waals surface area contributed by atoms with E-state index >= 15 is 0 Å². The molecule has 0 bridgehead atoms. The Kier molecular flexibility index (Phi) is 6.99. The van der Waals surface area contributed by atoms with Gasteiger partial charge in [-0.05, 0) is 67.3 Å². The highest BCUT2D eigenvalue weighted by molar-refractivity contribution is 5.99. The van der Waals surface area contributed by atoms with Crippen LogP contribution < -0.4 is 14.9 Å². The zero-order valence-corrected chi connectivity index (χ0v) is 21.5. The number of hydrogen-bond donors (Lipinski definition) is 0. The van der Waals surface area contributed by atoms with Gasteiger partial charge >= 0.3 is 0 Å². The van der Waals surface area contributed by atoms with Crippen LogP contribution >= 0.6 is 0 Å². The van der Waals surface area contributed by atoms with Gasteiger partial charge in [-0.3, -0.25) is 9.59 Å². The first-order chi connectivity index (χ1) is 18.0. The van der Waals surface area contributed by atoms with E-state index in [9.17, 15) is 9.59 Å². The molecule has 1 amide bonds. The molecule has 1 atom stereocenters. The van der Waals surface area contributed by atoms with Crippen molar-refractivity contribution in [1.29, 1.82) is 0 Å². The molecule has 1 aliphatic heterocycles. The molecule has 0 saturated carbocycles. The maximum atomic E-state index is 13.8. The van der Waals surface area contributed by atoms with Crippen LogP contribution in [-0.4, -0.2) is 31.1 Å². The Morgan fingerprint density at radius 3 is 2.38 bits per heavy atom. The second kappa shape index (κ2) is 10.5. The van der Waals surface area contributed by atoms with Crippen molar-refractivity contribution in [3.8, 4) is 11.5 Å². The molecule has 1 unspecified atom stereocenters. The third-order valence-corrected chi connectivity index (χ3v) is 6.88. The van der Waals surface area contributed by atoms with Crippen LogP contribution in [0, 0.1) is 6.92 Å². The van der Waals surface area contributed by atoms with Crippen LogP contribution in [0.25, 0.3) is 11.0 Å². The fourth-order valence-corrected chi connectivity index (χ4v) is 4.83. The quantitative estimate of drug-likeness (QED) is 0.262. The Morgan fingerprint density at radius 1 is 0.946 bits per heavy atom. The average molecular weight is 498 g/mol. The lowest BCUT2D eigenvalue weighted by molar-refractivity contribution is 0.0730. The number of amides is 1. The first kappa shape index (κ1) is 24.6. The van der Waals surface area contributed by atoms with Crippen molar-refractivity contribution in [2.24, 2.45) is 0 Å². The van der Waals surface area contributed by atoms with Crippen LogP contribution in [0.2, 0.25) is 0 Å². The average Bonchev–Trinajstić information content (AvgIpc) is 3.20. The minimum atomic E-state index is -0.536. The van der Waals surface area contributed by atoms with Gasteiger partial charge in [0.1, 0.15) is 17.1 Å². The Hall–Kier alpha value is -4.06. The van der Waals surface area contributed by atoms with Crippen LogP contribution in [0.3, 0.4) is 0 Å². The molecular formula is C31H31NO5. The van der Waals surface area contributed by atoms with Gasteiger partial charge < -0.3 is 18.8 Å².